The predicted octanol–water partition coefficient (Wildman–Crippen LogP) is 1.70. The maximum absolute atomic E-state index is 11.8. The van der Waals surface area contributed by atoms with E-state index < -0.39 is 11.9 Å². The summed E-state index contributed by atoms with van der Waals surface area (Å²) < 4.78 is 5.05. The molecule has 3 N–H and O–H groups in total. The summed E-state index contributed by atoms with van der Waals surface area (Å²) in [5, 5.41) is 14.5. The molecule has 0 heterocycles. The summed E-state index contributed by atoms with van der Waals surface area (Å²) >= 11 is 0. The van der Waals surface area contributed by atoms with Crippen LogP contribution in [0.15, 0.2) is 0 Å². The van der Waals surface area contributed by atoms with Crippen LogP contribution >= 0.6 is 0 Å². The van der Waals surface area contributed by atoms with Gasteiger partial charge in [0.05, 0.1) is 18.6 Å². The molecule has 0 aliphatic carbocycles. The first-order valence-electron chi connectivity index (χ1n) is 7.04. The highest BCUT2D eigenvalue weighted by Crippen LogP contribution is 2.11. The summed E-state index contributed by atoms with van der Waals surface area (Å²) in [7, 11) is 1.58. The SMILES string of the molecule is COCC(NC(=O)NCC(CC(C)C)C(=O)O)C(C)C. The van der Waals surface area contributed by atoms with Crippen molar-refractivity contribution in [2.45, 2.75) is 40.2 Å². The van der Waals surface area contributed by atoms with Crippen molar-refractivity contribution < 1.29 is 19.4 Å². The molecule has 6 heteroatoms. The van der Waals surface area contributed by atoms with Crippen LogP contribution in [0.3, 0.4) is 0 Å². The number of rotatable bonds is 9. The van der Waals surface area contributed by atoms with Crippen LogP contribution in [0.4, 0.5) is 4.79 Å². The van der Waals surface area contributed by atoms with E-state index in [2.05, 4.69) is 10.6 Å². The van der Waals surface area contributed by atoms with Crippen LogP contribution < -0.4 is 10.6 Å². The normalized spacial score (nSPS) is 14.2. The fraction of sp³-hybridized carbons (Fsp3) is 0.857. The van der Waals surface area contributed by atoms with Crippen molar-refractivity contribution in [3.05, 3.63) is 0 Å². The number of carbonyl (C=O) groups excluding carboxylic acids is 1. The highest BCUT2D eigenvalue weighted by molar-refractivity contribution is 5.76. The lowest BCUT2D eigenvalue weighted by atomic mass is 9.97. The van der Waals surface area contributed by atoms with Crippen LogP contribution in [0.2, 0.25) is 0 Å². The summed E-state index contributed by atoms with van der Waals surface area (Å²) in [6.07, 6.45) is 0.543. The Morgan fingerprint density at radius 1 is 1.20 bits per heavy atom. The molecule has 0 aromatic rings. The zero-order chi connectivity index (χ0) is 15.7. The van der Waals surface area contributed by atoms with E-state index in [1.165, 1.54) is 0 Å². The Hall–Kier alpha value is -1.30. The summed E-state index contributed by atoms with van der Waals surface area (Å²) in [4.78, 5) is 22.9. The second-order valence-electron chi connectivity index (χ2n) is 5.82. The molecule has 0 bridgehead atoms. The number of aliphatic carboxylic acids is 1. The summed E-state index contributed by atoms with van der Waals surface area (Å²) in [5.74, 6) is -0.915. The van der Waals surface area contributed by atoms with Crippen LogP contribution in [0, 0.1) is 17.8 Å². The topological polar surface area (TPSA) is 87.7 Å². The number of ether oxygens (including phenoxy) is 1. The number of methoxy groups -OCH3 is 1. The molecule has 2 amide bonds. The van der Waals surface area contributed by atoms with Gasteiger partial charge < -0.3 is 20.5 Å². The minimum absolute atomic E-state index is 0.0895. The molecule has 0 aliphatic heterocycles. The van der Waals surface area contributed by atoms with Crippen LogP contribution in [0.1, 0.15) is 34.1 Å². The zero-order valence-electron chi connectivity index (χ0n) is 13.1. The van der Waals surface area contributed by atoms with Crippen LogP contribution in [0.25, 0.3) is 0 Å². The van der Waals surface area contributed by atoms with Crippen LogP contribution in [0.5, 0.6) is 0 Å². The third-order valence-corrected chi connectivity index (χ3v) is 3.08. The van der Waals surface area contributed by atoms with Crippen molar-refractivity contribution in [3.63, 3.8) is 0 Å². The van der Waals surface area contributed by atoms with Gasteiger partial charge in [0.25, 0.3) is 0 Å². The molecule has 0 saturated heterocycles. The van der Waals surface area contributed by atoms with E-state index in [-0.39, 0.29) is 30.5 Å². The van der Waals surface area contributed by atoms with E-state index in [0.29, 0.717) is 13.0 Å². The van der Waals surface area contributed by atoms with Crippen molar-refractivity contribution in [3.8, 4) is 0 Å². The van der Waals surface area contributed by atoms with Crippen molar-refractivity contribution >= 4 is 12.0 Å². The molecule has 0 fully saturated rings. The van der Waals surface area contributed by atoms with E-state index in [0.717, 1.165) is 0 Å². The van der Waals surface area contributed by atoms with E-state index >= 15 is 0 Å². The molecular formula is C14H28N2O4. The standard InChI is InChI=1S/C14H28N2O4/c1-9(2)6-11(13(17)18)7-15-14(19)16-12(8-20-5)10(3)4/h9-12H,6-8H2,1-5H3,(H,17,18)(H2,15,16,19). The Morgan fingerprint density at radius 3 is 2.20 bits per heavy atom. The molecule has 0 spiro atoms. The molecule has 118 valence electrons. The summed E-state index contributed by atoms with van der Waals surface area (Å²) in [5.41, 5.74) is 0. The van der Waals surface area contributed by atoms with Gasteiger partial charge in [-0.3, -0.25) is 4.79 Å². The number of urea groups is 1. The van der Waals surface area contributed by atoms with Crippen LogP contribution in [-0.2, 0) is 9.53 Å². The number of carboxylic acid groups (broad SMARTS) is 1. The van der Waals surface area contributed by atoms with Gasteiger partial charge in [0, 0.05) is 13.7 Å². The van der Waals surface area contributed by atoms with E-state index in [4.69, 9.17) is 9.84 Å². The number of amides is 2. The van der Waals surface area contributed by atoms with Gasteiger partial charge in [-0.1, -0.05) is 27.7 Å². The average Bonchev–Trinajstić information content (AvgIpc) is 2.33. The monoisotopic (exact) mass is 288 g/mol. The lowest BCUT2D eigenvalue weighted by Crippen LogP contribution is -2.48. The van der Waals surface area contributed by atoms with Crippen LogP contribution in [-0.4, -0.2) is 43.4 Å². The average molecular weight is 288 g/mol. The second-order valence-corrected chi connectivity index (χ2v) is 5.82. The lowest BCUT2D eigenvalue weighted by molar-refractivity contribution is -0.142. The quantitative estimate of drug-likeness (QED) is 0.602. The minimum atomic E-state index is -0.878. The highest BCUT2D eigenvalue weighted by atomic mass is 16.5. The first-order valence-corrected chi connectivity index (χ1v) is 7.04. The van der Waals surface area contributed by atoms with Crippen molar-refractivity contribution in [1.29, 1.82) is 0 Å². The third-order valence-electron chi connectivity index (χ3n) is 3.08. The Balaban J connectivity index is 4.27. The van der Waals surface area contributed by atoms with Gasteiger partial charge >= 0.3 is 12.0 Å². The lowest BCUT2D eigenvalue weighted by Gasteiger charge is -2.22. The molecule has 0 aromatic carbocycles. The molecule has 0 aliphatic rings. The summed E-state index contributed by atoms with van der Waals surface area (Å²) in [6.45, 7) is 8.47. The minimum Gasteiger partial charge on any atom is -0.481 e. The third kappa shape index (κ3) is 7.99. The van der Waals surface area contributed by atoms with Gasteiger partial charge in [-0.25, -0.2) is 4.79 Å². The highest BCUT2D eigenvalue weighted by Gasteiger charge is 2.21. The van der Waals surface area contributed by atoms with Gasteiger partial charge in [-0.15, -0.1) is 0 Å². The predicted molar refractivity (Wildman–Crippen MR) is 77.6 cm³/mol. The maximum atomic E-state index is 11.8. The van der Waals surface area contributed by atoms with Crippen molar-refractivity contribution in [1.82, 2.24) is 10.6 Å². The Labute approximate surface area is 121 Å². The number of hydrogen-bond donors (Lipinski definition) is 3. The van der Waals surface area contributed by atoms with Gasteiger partial charge in [0.2, 0.25) is 0 Å². The van der Waals surface area contributed by atoms with Crippen molar-refractivity contribution in [2.75, 3.05) is 20.3 Å². The molecular weight excluding hydrogens is 260 g/mol. The number of hydrogen-bond acceptors (Lipinski definition) is 3. The van der Waals surface area contributed by atoms with E-state index in [9.17, 15) is 9.59 Å². The molecule has 2 atom stereocenters. The van der Waals surface area contributed by atoms with Gasteiger partial charge in [-0.2, -0.15) is 0 Å². The smallest absolute Gasteiger partial charge is 0.315 e. The first-order chi connectivity index (χ1) is 9.27. The largest absolute Gasteiger partial charge is 0.481 e. The number of nitrogens with one attached hydrogen (secondary N) is 2. The fourth-order valence-electron chi connectivity index (χ4n) is 1.86. The summed E-state index contributed by atoms with van der Waals surface area (Å²) in [6, 6.07) is -0.441. The molecule has 2 unspecified atom stereocenters. The number of carboxylic acids is 1. The zero-order valence-corrected chi connectivity index (χ0v) is 13.1. The molecule has 0 saturated carbocycles. The Morgan fingerprint density at radius 2 is 1.80 bits per heavy atom. The molecule has 6 nitrogen and oxygen atoms in total. The van der Waals surface area contributed by atoms with Gasteiger partial charge in [0.1, 0.15) is 0 Å². The second kappa shape index (κ2) is 9.58. The van der Waals surface area contributed by atoms with Crippen molar-refractivity contribution in [2.24, 2.45) is 17.8 Å². The molecule has 0 rings (SSSR count). The molecule has 0 radical (unpaired) electrons. The van der Waals surface area contributed by atoms with Gasteiger partial charge in [-0.05, 0) is 18.3 Å². The Bertz CT molecular complexity index is 306. The Kier molecular flexibility index (Phi) is 8.96. The fourth-order valence-corrected chi connectivity index (χ4v) is 1.86. The first kappa shape index (κ1) is 18.7. The molecule has 20 heavy (non-hydrogen) atoms. The van der Waals surface area contributed by atoms with Gasteiger partial charge in [0.15, 0.2) is 0 Å². The maximum Gasteiger partial charge on any atom is 0.315 e. The van der Waals surface area contributed by atoms with E-state index in [1.54, 1.807) is 7.11 Å². The number of carbonyl (C=O) groups is 2. The molecule has 0 aromatic heterocycles. The van der Waals surface area contributed by atoms with E-state index in [1.807, 2.05) is 27.7 Å².